The number of ether oxygens (including phenoxy) is 5. The Labute approximate surface area is 363 Å². The van der Waals surface area contributed by atoms with Crippen molar-refractivity contribution in [1.82, 2.24) is 20.2 Å². The number of amides is 4. The Morgan fingerprint density at radius 1 is 0.726 bits per heavy atom. The summed E-state index contributed by atoms with van der Waals surface area (Å²) in [5.41, 5.74) is 6.19. The van der Waals surface area contributed by atoms with Crippen molar-refractivity contribution in [1.29, 1.82) is 0 Å². The second kappa shape index (κ2) is 21.8. The number of pyridine rings is 1. The van der Waals surface area contributed by atoms with E-state index in [1.54, 1.807) is 29.5 Å². The van der Waals surface area contributed by atoms with Gasteiger partial charge in [0.25, 0.3) is 11.8 Å². The van der Waals surface area contributed by atoms with E-state index < -0.39 is 29.7 Å². The van der Waals surface area contributed by atoms with Crippen molar-refractivity contribution in [3.8, 4) is 21.7 Å². The summed E-state index contributed by atoms with van der Waals surface area (Å²) in [6.07, 6.45) is 2.07. The lowest BCUT2D eigenvalue weighted by atomic mass is 10.0. The van der Waals surface area contributed by atoms with Crippen molar-refractivity contribution in [2.45, 2.75) is 18.9 Å². The van der Waals surface area contributed by atoms with Crippen LogP contribution < -0.4 is 20.9 Å². The normalized spacial score (nSPS) is 15.0. The van der Waals surface area contributed by atoms with Gasteiger partial charge in [0.05, 0.1) is 87.4 Å². The Balaban J connectivity index is 0.675. The first-order valence-corrected chi connectivity index (χ1v) is 21.4. The Hall–Kier alpha value is -5.82. The maximum Gasteiger partial charge on any atom is 0.264 e. The molecule has 0 bridgehead atoms. The number of hydrogen-bond acceptors (Lipinski definition) is 15. The van der Waals surface area contributed by atoms with Gasteiger partial charge in [0.1, 0.15) is 16.9 Å². The second-order valence-electron chi connectivity index (χ2n) is 14.7. The molecule has 2 aliphatic rings. The molecule has 3 aromatic carbocycles. The average molecular weight is 866 g/mol. The third kappa shape index (κ3) is 11.4. The number of fused-ring (bicyclic) bond motifs is 2. The van der Waals surface area contributed by atoms with E-state index in [1.165, 1.54) is 0 Å². The molecule has 326 valence electrons. The van der Waals surface area contributed by atoms with Gasteiger partial charge in [-0.1, -0.05) is 30.3 Å². The number of hydrogen-bond donors (Lipinski definition) is 3. The summed E-state index contributed by atoms with van der Waals surface area (Å²) in [6.45, 7) is 5.44. The van der Waals surface area contributed by atoms with Gasteiger partial charge in [-0.25, -0.2) is 9.97 Å². The summed E-state index contributed by atoms with van der Waals surface area (Å²) in [5.74, 6) is -1.23. The summed E-state index contributed by atoms with van der Waals surface area (Å²) in [7, 11) is 3.96. The molecule has 2 aromatic heterocycles. The van der Waals surface area contributed by atoms with Crippen LogP contribution >= 0.6 is 11.3 Å². The number of nitrogens with one attached hydrogen (secondary N) is 3. The summed E-state index contributed by atoms with van der Waals surface area (Å²) < 4.78 is 29.2. The third-order valence-electron chi connectivity index (χ3n) is 10.2. The number of rotatable bonds is 24. The highest BCUT2D eigenvalue weighted by molar-refractivity contribution is 7.21. The number of thiazole rings is 1. The van der Waals surface area contributed by atoms with E-state index in [-0.39, 0.29) is 24.0 Å². The largest absolute Gasteiger partial charge is 0.383 e. The smallest absolute Gasteiger partial charge is 0.264 e. The topological polar surface area (TPSA) is 183 Å². The zero-order valence-electron chi connectivity index (χ0n) is 34.9. The standard InChI is InChI=1S/C45H51N7O9S/c1-51(2)39-14-10-32(29-48-39)30-6-8-31(9-7-30)43-49-35-12-11-33(28-38(35)62-43)46-16-18-57-20-22-59-24-26-61-27-25-60-23-21-58-19-17-47-36-5-3-4-34-41(36)45(56)52(44(34)55)37-13-15-40(53)50-42(37)54/h3-12,14,28-29,37,46-47H,13,15-27H2,1-2H3,(H,50,53,54). The van der Waals surface area contributed by atoms with Gasteiger partial charge < -0.3 is 39.2 Å². The molecule has 4 amide bonds. The van der Waals surface area contributed by atoms with Gasteiger partial charge in [-0.2, -0.15) is 0 Å². The maximum absolute atomic E-state index is 13.2. The number of anilines is 3. The molecule has 2 aliphatic heterocycles. The summed E-state index contributed by atoms with van der Waals surface area (Å²) >= 11 is 1.67. The van der Waals surface area contributed by atoms with Crippen molar-refractivity contribution < 1.29 is 42.9 Å². The van der Waals surface area contributed by atoms with Crippen molar-refractivity contribution >= 4 is 62.4 Å². The minimum Gasteiger partial charge on any atom is -0.383 e. The van der Waals surface area contributed by atoms with E-state index in [9.17, 15) is 19.2 Å². The molecule has 0 saturated carbocycles. The number of piperidine rings is 1. The molecule has 0 spiro atoms. The van der Waals surface area contributed by atoms with Crippen LogP contribution in [0.3, 0.4) is 0 Å². The number of carbonyl (C=O) groups is 4. The molecule has 62 heavy (non-hydrogen) atoms. The van der Waals surface area contributed by atoms with Gasteiger partial charge in [0, 0.05) is 62.3 Å². The highest BCUT2D eigenvalue weighted by Gasteiger charge is 2.45. The molecular formula is C45H51N7O9S. The molecule has 3 N–H and O–H groups in total. The van der Waals surface area contributed by atoms with Crippen LogP contribution in [0.25, 0.3) is 31.9 Å². The monoisotopic (exact) mass is 865 g/mol. The van der Waals surface area contributed by atoms with Gasteiger partial charge in [-0.3, -0.25) is 29.4 Å². The van der Waals surface area contributed by atoms with Gasteiger partial charge in [0.2, 0.25) is 11.8 Å². The molecule has 1 unspecified atom stereocenters. The van der Waals surface area contributed by atoms with E-state index in [4.69, 9.17) is 28.7 Å². The fraction of sp³-hybridized carbons (Fsp3) is 0.378. The molecule has 1 saturated heterocycles. The first-order valence-electron chi connectivity index (χ1n) is 20.6. The Morgan fingerprint density at radius 2 is 1.35 bits per heavy atom. The third-order valence-corrected chi connectivity index (χ3v) is 11.2. The zero-order chi connectivity index (χ0) is 43.3. The predicted octanol–water partition coefficient (Wildman–Crippen LogP) is 5.10. The van der Waals surface area contributed by atoms with Crippen molar-refractivity contribution in [2.75, 3.05) is 109 Å². The lowest BCUT2D eigenvalue weighted by Gasteiger charge is -2.27. The van der Waals surface area contributed by atoms with E-state index in [0.29, 0.717) is 84.8 Å². The number of nitrogens with zero attached hydrogens (tertiary/aromatic N) is 4. The van der Waals surface area contributed by atoms with Crippen LogP contribution in [0.1, 0.15) is 33.6 Å². The molecule has 16 nitrogen and oxygen atoms in total. The number of benzene rings is 3. The van der Waals surface area contributed by atoms with Crippen molar-refractivity contribution in [3.05, 3.63) is 90.1 Å². The zero-order valence-corrected chi connectivity index (χ0v) is 35.7. The molecule has 5 aromatic rings. The molecule has 0 aliphatic carbocycles. The fourth-order valence-electron chi connectivity index (χ4n) is 6.95. The fourth-order valence-corrected chi connectivity index (χ4v) is 7.96. The minimum atomic E-state index is -1.01. The Kier molecular flexibility index (Phi) is 15.6. The van der Waals surface area contributed by atoms with Crippen LogP contribution in [0.2, 0.25) is 0 Å². The molecule has 7 rings (SSSR count). The second-order valence-corrected chi connectivity index (χ2v) is 15.7. The minimum absolute atomic E-state index is 0.0661. The summed E-state index contributed by atoms with van der Waals surface area (Å²) in [5, 5.41) is 9.76. The van der Waals surface area contributed by atoms with E-state index in [2.05, 4.69) is 57.3 Å². The van der Waals surface area contributed by atoms with Gasteiger partial charge in [-0.15, -0.1) is 11.3 Å². The molecule has 17 heteroatoms. The first kappa shape index (κ1) is 44.2. The van der Waals surface area contributed by atoms with Crippen LogP contribution in [0, 0.1) is 0 Å². The SMILES string of the molecule is CN(C)c1ccc(-c2ccc(-c3nc4ccc(NCCOCCOCCOCCOCCOCCNc5cccc6c5C(=O)N(C5CCC(=O)NC5=O)C6=O)cc4s3)cc2)cn1. The molecule has 1 fully saturated rings. The predicted molar refractivity (Wildman–Crippen MR) is 237 cm³/mol. The summed E-state index contributed by atoms with van der Waals surface area (Å²) in [6, 6.07) is 22.7. The Morgan fingerprint density at radius 3 is 1.98 bits per heavy atom. The van der Waals surface area contributed by atoms with E-state index in [1.807, 2.05) is 43.4 Å². The molecule has 1 atom stereocenters. The van der Waals surface area contributed by atoms with E-state index in [0.717, 1.165) is 48.3 Å². The van der Waals surface area contributed by atoms with Gasteiger partial charge in [-0.05, 0) is 54.4 Å². The maximum atomic E-state index is 13.2. The molecule has 0 radical (unpaired) electrons. The number of carbonyl (C=O) groups excluding carboxylic acids is 4. The van der Waals surface area contributed by atoms with Crippen molar-refractivity contribution in [2.24, 2.45) is 0 Å². The van der Waals surface area contributed by atoms with Gasteiger partial charge in [0.15, 0.2) is 0 Å². The highest BCUT2D eigenvalue weighted by atomic mass is 32.1. The average Bonchev–Trinajstić information content (AvgIpc) is 3.82. The lowest BCUT2D eigenvalue weighted by molar-refractivity contribution is -0.136. The molecular weight excluding hydrogens is 815 g/mol. The molecule has 4 heterocycles. The van der Waals surface area contributed by atoms with Crippen LogP contribution in [0.15, 0.2) is 79.0 Å². The first-order chi connectivity index (χ1) is 30.3. The number of aromatic nitrogens is 2. The van der Waals surface area contributed by atoms with Crippen LogP contribution in [0.5, 0.6) is 0 Å². The van der Waals surface area contributed by atoms with Crippen LogP contribution in [-0.2, 0) is 33.3 Å². The summed E-state index contributed by atoms with van der Waals surface area (Å²) in [4.78, 5) is 62.4. The number of imide groups is 2. The van der Waals surface area contributed by atoms with Crippen LogP contribution in [0.4, 0.5) is 17.2 Å². The highest BCUT2D eigenvalue weighted by Crippen LogP contribution is 2.34. The Bertz CT molecular complexity index is 2320. The van der Waals surface area contributed by atoms with Gasteiger partial charge >= 0.3 is 0 Å². The quantitative estimate of drug-likeness (QED) is 0.0551. The van der Waals surface area contributed by atoms with Crippen molar-refractivity contribution in [3.63, 3.8) is 0 Å². The van der Waals surface area contributed by atoms with E-state index >= 15 is 0 Å². The lowest BCUT2D eigenvalue weighted by Crippen LogP contribution is -2.54. The van der Waals surface area contributed by atoms with Crippen LogP contribution in [-0.4, -0.2) is 138 Å².